The molecule has 0 saturated carbocycles. The van der Waals surface area contributed by atoms with E-state index in [9.17, 15) is 26.8 Å². The molecule has 1 N–H and O–H groups in total. The average Bonchev–Trinajstić information content (AvgIpc) is 2.73. The van der Waals surface area contributed by atoms with Crippen LogP contribution in [0.15, 0.2) is 48.5 Å². The SMILES string of the molecule is CC[C@@H](C(=O)NC(C)C)N(Cc1ccccc1)C(=O)CN(c1ccc(F)c(F)c1)S(C)(=O)=O. The van der Waals surface area contributed by atoms with Gasteiger partial charge < -0.3 is 10.2 Å². The summed E-state index contributed by atoms with van der Waals surface area (Å²) in [6.45, 7) is 4.73. The van der Waals surface area contributed by atoms with Gasteiger partial charge in [0, 0.05) is 18.7 Å². The molecule has 10 heteroatoms. The highest BCUT2D eigenvalue weighted by atomic mass is 32.2. The number of carbonyl (C=O) groups is 2. The van der Waals surface area contributed by atoms with E-state index in [1.54, 1.807) is 45.0 Å². The van der Waals surface area contributed by atoms with Gasteiger partial charge in [0.25, 0.3) is 0 Å². The Hall–Kier alpha value is -3.01. The van der Waals surface area contributed by atoms with Gasteiger partial charge in [-0.1, -0.05) is 37.3 Å². The molecule has 2 rings (SSSR count). The largest absolute Gasteiger partial charge is 0.352 e. The first-order valence-corrected chi connectivity index (χ1v) is 12.3. The Bertz CT molecular complexity index is 1080. The van der Waals surface area contributed by atoms with Crippen molar-refractivity contribution in [2.24, 2.45) is 0 Å². The second-order valence-corrected chi connectivity index (χ2v) is 9.87. The third-order valence-corrected chi connectivity index (χ3v) is 6.02. The number of rotatable bonds is 10. The maximum Gasteiger partial charge on any atom is 0.244 e. The van der Waals surface area contributed by atoms with Crippen LogP contribution in [0.4, 0.5) is 14.5 Å². The lowest BCUT2D eigenvalue weighted by Crippen LogP contribution is -2.53. The summed E-state index contributed by atoms with van der Waals surface area (Å²) < 4.78 is 52.7. The van der Waals surface area contributed by atoms with E-state index in [4.69, 9.17) is 0 Å². The van der Waals surface area contributed by atoms with Crippen LogP contribution in [0.1, 0.15) is 32.8 Å². The lowest BCUT2D eigenvalue weighted by molar-refractivity contribution is -0.140. The van der Waals surface area contributed by atoms with Crippen molar-refractivity contribution in [3.8, 4) is 0 Å². The van der Waals surface area contributed by atoms with Crippen molar-refractivity contribution in [2.45, 2.75) is 45.8 Å². The molecular weight excluding hydrogens is 452 g/mol. The van der Waals surface area contributed by atoms with Crippen LogP contribution in [0, 0.1) is 11.6 Å². The van der Waals surface area contributed by atoms with Crippen molar-refractivity contribution in [1.29, 1.82) is 0 Å². The predicted octanol–water partition coefficient (Wildman–Crippen LogP) is 3.06. The van der Waals surface area contributed by atoms with Gasteiger partial charge in [0.05, 0.1) is 11.9 Å². The number of carbonyl (C=O) groups excluding carboxylic acids is 2. The molecule has 0 fully saturated rings. The highest BCUT2D eigenvalue weighted by Gasteiger charge is 2.32. The Labute approximate surface area is 193 Å². The first-order chi connectivity index (χ1) is 15.4. The van der Waals surface area contributed by atoms with Crippen LogP contribution in [0.5, 0.6) is 0 Å². The Morgan fingerprint density at radius 1 is 1.03 bits per heavy atom. The highest BCUT2D eigenvalue weighted by molar-refractivity contribution is 7.92. The van der Waals surface area contributed by atoms with Gasteiger partial charge in [-0.2, -0.15) is 0 Å². The van der Waals surface area contributed by atoms with Crippen LogP contribution >= 0.6 is 0 Å². The molecule has 33 heavy (non-hydrogen) atoms. The minimum atomic E-state index is -4.02. The van der Waals surface area contributed by atoms with Crippen molar-refractivity contribution >= 4 is 27.5 Å². The summed E-state index contributed by atoms with van der Waals surface area (Å²) in [7, 11) is -4.02. The molecule has 2 amide bonds. The number of hydrogen-bond donors (Lipinski definition) is 1. The maximum atomic E-state index is 13.8. The zero-order chi connectivity index (χ0) is 24.8. The van der Waals surface area contributed by atoms with E-state index >= 15 is 0 Å². The van der Waals surface area contributed by atoms with Gasteiger partial charge in [0.15, 0.2) is 11.6 Å². The summed E-state index contributed by atoms with van der Waals surface area (Å²) in [6.07, 6.45) is 1.16. The van der Waals surface area contributed by atoms with Gasteiger partial charge >= 0.3 is 0 Å². The van der Waals surface area contributed by atoms with Gasteiger partial charge in [-0.15, -0.1) is 0 Å². The zero-order valence-corrected chi connectivity index (χ0v) is 19.9. The Morgan fingerprint density at radius 3 is 2.18 bits per heavy atom. The third kappa shape index (κ3) is 7.24. The molecule has 0 heterocycles. The number of anilines is 1. The van der Waals surface area contributed by atoms with Crippen molar-refractivity contribution in [3.05, 3.63) is 65.7 Å². The maximum absolute atomic E-state index is 13.8. The van der Waals surface area contributed by atoms with Gasteiger partial charge in [0.2, 0.25) is 21.8 Å². The molecule has 2 aromatic rings. The number of nitrogens with one attached hydrogen (secondary N) is 1. The number of hydrogen-bond acceptors (Lipinski definition) is 4. The number of halogens is 2. The molecule has 0 aliphatic rings. The lowest BCUT2D eigenvalue weighted by atomic mass is 10.1. The number of nitrogens with zero attached hydrogens (tertiary/aromatic N) is 2. The molecule has 0 bridgehead atoms. The van der Waals surface area contributed by atoms with E-state index in [0.29, 0.717) is 16.8 Å². The fraction of sp³-hybridized carbons (Fsp3) is 0.391. The summed E-state index contributed by atoms with van der Waals surface area (Å²) >= 11 is 0. The average molecular weight is 482 g/mol. The fourth-order valence-electron chi connectivity index (χ4n) is 3.33. The van der Waals surface area contributed by atoms with Crippen molar-refractivity contribution < 1.29 is 26.8 Å². The van der Waals surface area contributed by atoms with Crippen molar-refractivity contribution in [2.75, 3.05) is 17.1 Å². The van der Waals surface area contributed by atoms with Crippen LogP contribution in [-0.2, 0) is 26.2 Å². The fourth-order valence-corrected chi connectivity index (χ4v) is 4.18. The summed E-state index contributed by atoms with van der Waals surface area (Å²) in [5, 5.41) is 2.79. The highest BCUT2D eigenvalue weighted by Crippen LogP contribution is 2.22. The second kappa shape index (κ2) is 11.2. The Morgan fingerprint density at radius 2 is 1.67 bits per heavy atom. The molecule has 0 spiro atoms. The molecular formula is C23H29F2N3O4S. The lowest BCUT2D eigenvalue weighted by Gasteiger charge is -2.33. The van der Waals surface area contributed by atoms with Crippen LogP contribution in [0.3, 0.4) is 0 Å². The molecule has 0 radical (unpaired) electrons. The minimum absolute atomic E-state index is 0.0685. The molecule has 0 aromatic heterocycles. The zero-order valence-electron chi connectivity index (χ0n) is 19.1. The minimum Gasteiger partial charge on any atom is -0.352 e. The molecule has 0 saturated heterocycles. The van der Waals surface area contributed by atoms with Crippen LogP contribution in [0.2, 0.25) is 0 Å². The molecule has 0 aliphatic carbocycles. The standard InChI is InChI=1S/C23H29F2N3O4S/c1-5-21(23(30)26-16(2)3)27(14-17-9-7-6-8-10-17)22(29)15-28(33(4,31)32)18-11-12-19(24)20(25)13-18/h6-13,16,21H,5,14-15H2,1-4H3,(H,26,30)/t21-/m0/s1. The van der Waals surface area contributed by atoms with E-state index in [2.05, 4.69) is 5.32 Å². The van der Waals surface area contributed by atoms with Gasteiger partial charge in [0.1, 0.15) is 12.6 Å². The number of amides is 2. The van der Waals surface area contributed by atoms with Crippen molar-refractivity contribution in [3.63, 3.8) is 0 Å². The predicted molar refractivity (Wildman–Crippen MR) is 123 cm³/mol. The van der Waals surface area contributed by atoms with Crippen LogP contribution in [-0.4, -0.2) is 50.0 Å². The first-order valence-electron chi connectivity index (χ1n) is 10.5. The molecule has 1 atom stereocenters. The Balaban J connectivity index is 2.43. The number of benzene rings is 2. The molecule has 7 nitrogen and oxygen atoms in total. The van der Waals surface area contributed by atoms with E-state index < -0.39 is 40.2 Å². The van der Waals surface area contributed by atoms with Gasteiger partial charge in [-0.05, 0) is 38.0 Å². The molecule has 0 unspecified atom stereocenters. The second-order valence-electron chi connectivity index (χ2n) is 7.96. The van der Waals surface area contributed by atoms with Gasteiger partial charge in [-0.25, -0.2) is 17.2 Å². The summed E-state index contributed by atoms with van der Waals surface area (Å²) in [5.41, 5.74) is 0.560. The van der Waals surface area contributed by atoms with E-state index in [1.165, 1.54) is 4.90 Å². The quantitative estimate of drug-likeness (QED) is 0.565. The molecule has 2 aromatic carbocycles. The third-order valence-electron chi connectivity index (χ3n) is 4.88. The number of sulfonamides is 1. The smallest absolute Gasteiger partial charge is 0.244 e. The van der Waals surface area contributed by atoms with E-state index in [-0.39, 0.29) is 24.2 Å². The van der Waals surface area contributed by atoms with Crippen LogP contribution in [0.25, 0.3) is 0 Å². The van der Waals surface area contributed by atoms with E-state index in [0.717, 1.165) is 24.0 Å². The van der Waals surface area contributed by atoms with Crippen molar-refractivity contribution in [1.82, 2.24) is 10.2 Å². The summed E-state index contributed by atoms with van der Waals surface area (Å²) in [6, 6.07) is 10.5. The van der Waals surface area contributed by atoms with E-state index in [1.807, 2.05) is 6.07 Å². The molecule has 0 aliphatic heterocycles. The Kier molecular flexibility index (Phi) is 8.92. The monoisotopic (exact) mass is 481 g/mol. The topological polar surface area (TPSA) is 86.8 Å². The summed E-state index contributed by atoms with van der Waals surface area (Å²) in [4.78, 5) is 27.5. The van der Waals surface area contributed by atoms with Gasteiger partial charge in [-0.3, -0.25) is 13.9 Å². The first kappa shape index (κ1) is 26.2. The normalized spacial score (nSPS) is 12.3. The van der Waals surface area contributed by atoms with Crippen LogP contribution < -0.4 is 9.62 Å². The molecule has 180 valence electrons. The summed E-state index contributed by atoms with van der Waals surface area (Å²) in [5.74, 6) is -3.39.